The van der Waals surface area contributed by atoms with E-state index in [0.717, 1.165) is 29.7 Å². The average molecular weight is 505 g/mol. The lowest BCUT2D eigenvalue weighted by Gasteiger charge is -2.32. The summed E-state index contributed by atoms with van der Waals surface area (Å²) in [7, 11) is 3.17. The van der Waals surface area contributed by atoms with E-state index in [9.17, 15) is 9.59 Å². The average Bonchev–Trinajstić information content (AvgIpc) is 3.57. The first-order valence-corrected chi connectivity index (χ1v) is 12.6. The first-order valence-electron chi connectivity index (χ1n) is 12.6. The van der Waals surface area contributed by atoms with Crippen LogP contribution in [-0.2, 0) is 9.59 Å². The van der Waals surface area contributed by atoms with Crippen molar-refractivity contribution < 1.29 is 23.6 Å². The van der Waals surface area contributed by atoms with Gasteiger partial charge in [-0.15, -0.1) is 0 Å². The van der Waals surface area contributed by atoms with Crippen LogP contribution in [0, 0.1) is 19.8 Å². The summed E-state index contributed by atoms with van der Waals surface area (Å²) in [6, 6.07) is 11.5. The van der Waals surface area contributed by atoms with Gasteiger partial charge in [0.15, 0.2) is 11.5 Å². The lowest BCUT2D eigenvalue weighted by Crippen LogP contribution is -2.42. The van der Waals surface area contributed by atoms with Crippen LogP contribution in [0.2, 0.25) is 0 Å². The van der Waals surface area contributed by atoms with Crippen LogP contribution in [0.15, 0.2) is 40.9 Å². The van der Waals surface area contributed by atoms with Crippen molar-refractivity contribution >= 4 is 17.5 Å². The fourth-order valence-electron chi connectivity index (χ4n) is 5.11. The smallest absolute Gasteiger partial charge is 0.230 e. The summed E-state index contributed by atoms with van der Waals surface area (Å²) >= 11 is 0. The fourth-order valence-corrected chi connectivity index (χ4v) is 5.11. The molecule has 1 aromatic heterocycles. The zero-order valence-electron chi connectivity index (χ0n) is 21.7. The minimum atomic E-state index is -0.314. The van der Waals surface area contributed by atoms with Gasteiger partial charge in [-0.2, -0.15) is 4.98 Å². The molecule has 2 aliphatic rings. The van der Waals surface area contributed by atoms with Crippen LogP contribution in [0.4, 0.5) is 5.69 Å². The van der Waals surface area contributed by atoms with Gasteiger partial charge in [0.05, 0.1) is 20.1 Å². The molecule has 9 nitrogen and oxygen atoms in total. The third kappa shape index (κ3) is 4.90. The van der Waals surface area contributed by atoms with E-state index in [1.54, 1.807) is 19.1 Å². The lowest BCUT2D eigenvalue weighted by molar-refractivity contribution is -0.136. The highest BCUT2D eigenvalue weighted by Crippen LogP contribution is 2.34. The Labute approximate surface area is 216 Å². The predicted molar refractivity (Wildman–Crippen MR) is 138 cm³/mol. The van der Waals surface area contributed by atoms with Gasteiger partial charge in [0.25, 0.3) is 0 Å². The van der Waals surface area contributed by atoms with Crippen molar-refractivity contribution in [2.24, 2.45) is 5.92 Å². The Kier molecular flexibility index (Phi) is 6.86. The SMILES string of the molecule is COc1ccc(-c2noc(C3CCN(C(=O)[C@H]4CC(=O)N(c5ccc(C)c(C)c5)C4)CC3)n2)cc1OC. The molecule has 2 fully saturated rings. The van der Waals surface area contributed by atoms with E-state index in [-0.39, 0.29) is 30.1 Å². The molecule has 0 spiro atoms. The Morgan fingerprint density at radius 1 is 1.00 bits per heavy atom. The molecule has 0 unspecified atom stereocenters. The number of methoxy groups -OCH3 is 2. The van der Waals surface area contributed by atoms with Crippen LogP contribution < -0.4 is 14.4 Å². The second kappa shape index (κ2) is 10.2. The first kappa shape index (κ1) is 24.8. The lowest BCUT2D eigenvalue weighted by atomic mass is 9.95. The van der Waals surface area contributed by atoms with Gasteiger partial charge in [0.2, 0.25) is 23.5 Å². The Balaban J connectivity index is 1.19. The minimum Gasteiger partial charge on any atom is -0.493 e. The summed E-state index contributed by atoms with van der Waals surface area (Å²) in [6.07, 6.45) is 1.73. The number of ether oxygens (including phenoxy) is 2. The van der Waals surface area contributed by atoms with Gasteiger partial charge in [0, 0.05) is 43.2 Å². The fraction of sp³-hybridized carbons (Fsp3) is 0.429. The maximum atomic E-state index is 13.3. The number of hydrogen-bond donors (Lipinski definition) is 0. The van der Waals surface area contributed by atoms with Crippen LogP contribution in [0.3, 0.4) is 0 Å². The maximum absolute atomic E-state index is 13.3. The summed E-state index contributed by atoms with van der Waals surface area (Å²) in [5.41, 5.74) is 3.96. The normalized spacial score (nSPS) is 18.4. The number of nitrogens with zero attached hydrogens (tertiary/aromatic N) is 4. The van der Waals surface area contributed by atoms with Crippen molar-refractivity contribution in [2.75, 3.05) is 38.8 Å². The zero-order valence-corrected chi connectivity index (χ0v) is 21.7. The number of carbonyl (C=O) groups excluding carboxylic acids is 2. The molecular weight excluding hydrogens is 472 g/mol. The Morgan fingerprint density at radius 2 is 1.76 bits per heavy atom. The topological polar surface area (TPSA) is 98.0 Å². The molecule has 0 N–H and O–H groups in total. The Morgan fingerprint density at radius 3 is 2.46 bits per heavy atom. The summed E-state index contributed by atoms with van der Waals surface area (Å²) in [4.78, 5) is 34.2. The van der Waals surface area contributed by atoms with Gasteiger partial charge in [-0.1, -0.05) is 11.2 Å². The molecule has 9 heteroatoms. The molecule has 37 heavy (non-hydrogen) atoms. The van der Waals surface area contributed by atoms with Crippen molar-refractivity contribution in [2.45, 2.75) is 39.0 Å². The molecule has 194 valence electrons. The summed E-state index contributed by atoms with van der Waals surface area (Å²) in [6.45, 7) is 5.72. The van der Waals surface area contributed by atoms with E-state index in [0.29, 0.717) is 42.8 Å². The monoisotopic (exact) mass is 504 g/mol. The minimum absolute atomic E-state index is 0.00467. The first-order chi connectivity index (χ1) is 17.9. The number of aromatic nitrogens is 2. The third-order valence-electron chi connectivity index (χ3n) is 7.52. The number of piperidine rings is 1. The van der Waals surface area contributed by atoms with Crippen LogP contribution in [0.5, 0.6) is 11.5 Å². The van der Waals surface area contributed by atoms with E-state index in [1.807, 2.05) is 55.1 Å². The highest BCUT2D eigenvalue weighted by molar-refractivity contribution is 6.00. The summed E-state index contributed by atoms with van der Waals surface area (Å²) in [5.74, 6) is 2.13. The molecule has 2 amide bonds. The maximum Gasteiger partial charge on any atom is 0.230 e. The van der Waals surface area contributed by atoms with E-state index in [2.05, 4.69) is 10.1 Å². The van der Waals surface area contributed by atoms with E-state index >= 15 is 0 Å². The number of hydrogen-bond acceptors (Lipinski definition) is 7. The van der Waals surface area contributed by atoms with Gasteiger partial charge in [-0.05, 0) is 68.1 Å². The molecule has 2 saturated heterocycles. The van der Waals surface area contributed by atoms with Gasteiger partial charge in [-0.25, -0.2) is 0 Å². The molecule has 0 saturated carbocycles. The molecule has 0 bridgehead atoms. The molecule has 0 radical (unpaired) electrons. The highest BCUT2D eigenvalue weighted by Gasteiger charge is 2.38. The molecule has 2 aromatic carbocycles. The van der Waals surface area contributed by atoms with Crippen molar-refractivity contribution in [3.05, 3.63) is 53.4 Å². The number of anilines is 1. The Bertz CT molecular complexity index is 1310. The number of likely N-dealkylation sites (tertiary alicyclic amines) is 1. The van der Waals surface area contributed by atoms with Crippen LogP contribution in [0.25, 0.3) is 11.4 Å². The van der Waals surface area contributed by atoms with Gasteiger partial charge < -0.3 is 23.8 Å². The summed E-state index contributed by atoms with van der Waals surface area (Å²) < 4.78 is 16.3. The third-order valence-corrected chi connectivity index (χ3v) is 7.52. The number of aryl methyl sites for hydroxylation is 2. The Hall–Kier alpha value is -3.88. The molecule has 1 atom stereocenters. The van der Waals surface area contributed by atoms with Crippen molar-refractivity contribution in [1.29, 1.82) is 0 Å². The molecule has 3 aromatic rings. The second-order valence-corrected chi connectivity index (χ2v) is 9.80. The van der Waals surface area contributed by atoms with Crippen LogP contribution >= 0.6 is 0 Å². The molecule has 0 aliphatic carbocycles. The van der Waals surface area contributed by atoms with Crippen molar-refractivity contribution in [1.82, 2.24) is 15.0 Å². The number of amides is 2. The van der Waals surface area contributed by atoms with Crippen molar-refractivity contribution in [3.63, 3.8) is 0 Å². The second-order valence-electron chi connectivity index (χ2n) is 9.80. The number of benzene rings is 2. The molecular formula is C28H32N4O5. The van der Waals surface area contributed by atoms with E-state index < -0.39 is 0 Å². The zero-order chi connectivity index (χ0) is 26.1. The molecule has 5 rings (SSSR count). The summed E-state index contributed by atoms with van der Waals surface area (Å²) in [5, 5.41) is 4.16. The standard InChI is InChI=1S/C28H32N4O5/c1-17-5-7-22(13-18(17)2)32-16-21(15-25(32)33)28(34)31-11-9-19(10-12-31)27-29-26(30-37-27)20-6-8-23(35-3)24(14-20)36-4/h5-8,13-14,19,21H,9-12,15-16H2,1-4H3/t21-/m0/s1. The van der Waals surface area contributed by atoms with Crippen LogP contribution in [-0.4, -0.2) is 60.7 Å². The van der Waals surface area contributed by atoms with Gasteiger partial charge in [-0.3, -0.25) is 9.59 Å². The predicted octanol–water partition coefficient (Wildman–Crippen LogP) is 4.13. The number of rotatable bonds is 6. The number of carbonyl (C=O) groups is 2. The van der Waals surface area contributed by atoms with Gasteiger partial charge >= 0.3 is 0 Å². The quantitative estimate of drug-likeness (QED) is 0.498. The van der Waals surface area contributed by atoms with E-state index in [1.165, 1.54) is 5.56 Å². The van der Waals surface area contributed by atoms with Crippen molar-refractivity contribution in [3.8, 4) is 22.9 Å². The molecule has 3 heterocycles. The molecule has 2 aliphatic heterocycles. The van der Waals surface area contributed by atoms with Gasteiger partial charge in [0.1, 0.15) is 0 Å². The largest absolute Gasteiger partial charge is 0.493 e. The highest BCUT2D eigenvalue weighted by atomic mass is 16.5. The van der Waals surface area contributed by atoms with E-state index in [4.69, 9.17) is 14.0 Å². The van der Waals surface area contributed by atoms with Crippen LogP contribution in [0.1, 0.15) is 42.2 Å².